The van der Waals surface area contributed by atoms with E-state index < -0.39 is 0 Å². The largest absolute Gasteiger partial charge is 0.494 e. The van der Waals surface area contributed by atoms with Gasteiger partial charge in [0.2, 0.25) is 0 Å². The number of aromatic nitrogens is 1. The maximum atomic E-state index is 5.90. The van der Waals surface area contributed by atoms with Gasteiger partial charge in [0.1, 0.15) is 5.75 Å². The van der Waals surface area contributed by atoms with E-state index in [0.29, 0.717) is 11.7 Å². The summed E-state index contributed by atoms with van der Waals surface area (Å²) in [5.41, 5.74) is 8.18. The number of ether oxygens (including phenoxy) is 1. The van der Waals surface area contributed by atoms with Crippen molar-refractivity contribution in [3.05, 3.63) is 40.4 Å². The quantitative estimate of drug-likeness (QED) is 0.925. The third kappa shape index (κ3) is 3.31. The number of nitrogen functional groups attached to an aromatic ring is 1. The number of para-hydroxylation sites is 1. The standard InChI is InChI=1S/C16H22N2OS/c1-5-19-12-9-7-6-8-11(12)10-13-14(16(2,3)4)18-15(17)20-13/h6-9H,5,10H2,1-4H3,(H2,17,18). The van der Waals surface area contributed by atoms with Crippen molar-refractivity contribution >= 4 is 16.5 Å². The van der Waals surface area contributed by atoms with Gasteiger partial charge in [-0.25, -0.2) is 4.98 Å². The fourth-order valence-corrected chi connectivity index (χ4v) is 3.26. The molecule has 0 bridgehead atoms. The Kier molecular flexibility index (Phi) is 4.33. The fourth-order valence-electron chi connectivity index (χ4n) is 2.19. The second kappa shape index (κ2) is 5.83. The van der Waals surface area contributed by atoms with E-state index in [4.69, 9.17) is 10.5 Å². The second-order valence-electron chi connectivity index (χ2n) is 5.79. The number of anilines is 1. The van der Waals surface area contributed by atoms with E-state index in [0.717, 1.165) is 17.9 Å². The molecule has 0 unspecified atom stereocenters. The predicted octanol–water partition coefficient (Wildman–Crippen LogP) is 4.01. The van der Waals surface area contributed by atoms with E-state index in [1.165, 1.54) is 10.4 Å². The highest BCUT2D eigenvalue weighted by molar-refractivity contribution is 7.15. The van der Waals surface area contributed by atoms with Gasteiger partial charge in [0, 0.05) is 16.7 Å². The van der Waals surface area contributed by atoms with Crippen LogP contribution >= 0.6 is 11.3 Å². The van der Waals surface area contributed by atoms with Crippen LogP contribution in [0.3, 0.4) is 0 Å². The van der Waals surface area contributed by atoms with E-state index in [2.05, 4.69) is 31.8 Å². The molecule has 0 spiro atoms. The monoisotopic (exact) mass is 290 g/mol. The van der Waals surface area contributed by atoms with Crippen LogP contribution < -0.4 is 10.5 Å². The lowest BCUT2D eigenvalue weighted by Gasteiger charge is -2.18. The highest BCUT2D eigenvalue weighted by atomic mass is 32.1. The van der Waals surface area contributed by atoms with Crippen LogP contribution in [0.4, 0.5) is 5.13 Å². The number of rotatable bonds is 4. The number of nitrogens with two attached hydrogens (primary N) is 1. The fraction of sp³-hybridized carbons (Fsp3) is 0.438. The molecule has 3 nitrogen and oxygen atoms in total. The van der Waals surface area contributed by atoms with Gasteiger partial charge in [0.05, 0.1) is 12.3 Å². The van der Waals surface area contributed by atoms with Gasteiger partial charge < -0.3 is 10.5 Å². The van der Waals surface area contributed by atoms with E-state index in [1.54, 1.807) is 11.3 Å². The Morgan fingerprint density at radius 2 is 1.95 bits per heavy atom. The van der Waals surface area contributed by atoms with E-state index in [9.17, 15) is 0 Å². The molecule has 0 atom stereocenters. The lowest BCUT2D eigenvalue weighted by molar-refractivity contribution is 0.337. The smallest absolute Gasteiger partial charge is 0.180 e. The van der Waals surface area contributed by atoms with Crippen molar-refractivity contribution in [2.45, 2.75) is 39.5 Å². The lowest BCUT2D eigenvalue weighted by Crippen LogP contribution is -2.14. The van der Waals surface area contributed by atoms with Gasteiger partial charge in [-0.2, -0.15) is 0 Å². The Balaban J connectivity index is 2.36. The highest BCUT2D eigenvalue weighted by Gasteiger charge is 2.23. The van der Waals surface area contributed by atoms with Crippen molar-refractivity contribution in [2.75, 3.05) is 12.3 Å². The van der Waals surface area contributed by atoms with E-state index in [1.807, 2.05) is 25.1 Å². The molecule has 1 aromatic carbocycles. The van der Waals surface area contributed by atoms with Crippen molar-refractivity contribution < 1.29 is 4.74 Å². The molecule has 0 saturated carbocycles. The van der Waals surface area contributed by atoms with Crippen LogP contribution in [0.2, 0.25) is 0 Å². The molecule has 2 rings (SSSR count). The molecular formula is C16H22N2OS. The summed E-state index contributed by atoms with van der Waals surface area (Å²) < 4.78 is 5.69. The van der Waals surface area contributed by atoms with Gasteiger partial charge in [-0.1, -0.05) is 39.0 Å². The molecular weight excluding hydrogens is 268 g/mol. The first-order valence-corrected chi connectivity index (χ1v) is 7.69. The Hall–Kier alpha value is -1.55. The zero-order valence-corrected chi connectivity index (χ0v) is 13.4. The summed E-state index contributed by atoms with van der Waals surface area (Å²) >= 11 is 1.57. The van der Waals surface area contributed by atoms with Crippen LogP contribution in [-0.2, 0) is 11.8 Å². The first-order valence-electron chi connectivity index (χ1n) is 6.88. The average molecular weight is 290 g/mol. The second-order valence-corrected chi connectivity index (χ2v) is 6.91. The van der Waals surface area contributed by atoms with Gasteiger partial charge in [-0.05, 0) is 18.6 Å². The third-order valence-electron chi connectivity index (χ3n) is 3.05. The minimum Gasteiger partial charge on any atom is -0.494 e. The van der Waals surface area contributed by atoms with Gasteiger partial charge in [-0.15, -0.1) is 11.3 Å². The molecule has 2 aromatic rings. The first kappa shape index (κ1) is 14.9. The number of thiazole rings is 1. The van der Waals surface area contributed by atoms with Crippen molar-refractivity contribution in [1.29, 1.82) is 0 Å². The van der Waals surface area contributed by atoms with Crippen molar-refractivity contribution in [1.82, 2.24) is 4.98 Å². The molecule has 0 aliphatic carbocycles. The maximum absolute atomic E-state index is 5.90. The van der Waals surface area contributed by atoms with Crippen LogP contribution in [-0.4, -0.2) is 11.6 Å². The molecule has 0 amide bonds. The van der Waals surface area contributed by atoms with Crippen LogP contribution in [0.25, 0.3) is 0 Å². The summed E-state index contributed by atoms with van der Waals surface area (Å²) in [5, 5.41) is 0.638. The van der Waals surface area contributed by atoms with Gasteiger partial charge in [-0.3, -0.25) is 0 Å². The summed E-state index contributed by atoms with van der Waals surface area (Å²) in [7, 11) is 0. The van der Waals surface area contributed by atoms with Gasteiger partial charge >= 0.3 is 0 Å². The number of benzene rings is 1. The highest BCUT2D eigenvalue weighted by Crippen LogP contribution is 2.34. The molecule has 0 aliphatic rings. The lowest BCUT2D eigenvalue weighted by atomic mass is 9.90. The summed E-state index contributed by atoms with van der Waals surface area (Å²) in [4.78, 5) is 5.73. The zero-order valence-electron chi connectivity index (χ0n) is 12.6. The average Bonchev–Trinajstić information content (AvgIpc) is 2.73. The van der Waals surface area contributed by atoms with Crippen molar-refractivity contribution in [3.63, 3.8) is 0 Å². The minimum atomic E-state index is 0.00398. The SMILES string of the molecule is CCOc1ccccc1Cc1sc(N)nc1C(C)(C)C. The first-order chi connectivity index (χ1) is 9.41. The Morgan fingerprint density at radius 3 is 2.60 bits per heavy atom. The predicted molar refractivity (Wildman–Crippen MR) is 85.6 cm³/mol. The molecule has 108 valence electrons. The Morgan fingerprint density at radius 1 is 1.25 bits per heavy atom. The summed E-state index contributed by atoms with van der Waals surface area (Å²) in [6.45, 7) is 9.17. The molecule has 0 radical (unpaired) electrons. The summed E-state index contributed by atoms with van der Waals surface area (Å²) in [5.74, 6) is 0.946. The summed E-state index contributed by atoms with van der Waals surface area (Å²) in [6.07, 6.45) is 0.817. The normalized spacial score (nSPS) is 11.6. The topological polar surface area (TPSA) is 48.1 Å². The number of hydrogen-bond donors (Lipinski definition) is 1. The maximum Gasteiger partial charge on any atom is 0.180 e. The zero-order chi connectivity index (χ0) is 14.8. The van der Waals surface area contributed by atoms with E-state index >= 15 is 0 Å². The van der Waals surface area contributed by atoms with Crippen molar-refractivity contribution in [3.8, 4) is 5.75 Å². The molecule has 2 N–H and O–H groups in total. The third-order valence-corrected chi connectivity index (χ3v) is 3.93. The molecule has 20 heavy (non-hydrogen) atoms. The Bertz CT molecular complexity index is 584. The van der Waals surface area contributed by atoms with Gasteiger partial charge in [0.25, 0.3) is 0 Å². The van der Waals surface area contributed by atoms with Crippen LogP contribution in [0.5, 0.6) is 5.75 Å². The molecule has 0 saturated heterocycles. The summed E-state index contributed by atoms with van der Waals surface area (Å²) in [6, 6.07) is 8.16. The molecule has 0 fully saturated rings. The Labute approximate surface area is 124 Å². The van der Waals surface area contributed by atoms with Crippen LogP contribution in [0.15, 0.2) is 24.3 Å². The molecule has 1 aromatic heterocycles. The van der Waals surface area contributed by atoms with Crippen LogP contribution in [0.1, 0.15) is 43.8 Å². The van der Waals surface area contributed by atoms with Crippen LogP contribution in [0, 0.1) is 0 Å². The number of hydrogen-bond acceptors (Lipinski definition) is 4. The van der Waals surface area contributed by atoms with E-state index in [-0.39, 0.29) is 5.41 Å². The molecule has 1 heterocycles. The number of nitrogens with zero attached hydrogens (tertiary/aromatic N) is 1. The van der Waals surface area contributed by atoms with Crippen molar-refractivity contribution in [2.24, 2.45) is 0 Å². The van der Waals surface area contributed by atoms with Gasteiger partial charge in [0.15, 0.2) is 5.13 Å². The molecule has 4 heteroatoms. The minimum absolute atomic E-state index is 0.00398. The molecule has 0 aliphatic heterocycles.